The lowest BCUT2D eigenvalue weighted by Gasteiger charge is -2.42. The molecule has 4 bridgehead atoms. The SMILES string of the molecule is CC1(C)[C@@H]2CC[C@@]1(C)[C@@](O)(C#Cc1ccc(C#C[C@@]3(O)C[C@H]4CC[C@]3(C)C4(C)C)cc1)C2. The van der Waals surface area contributed by atoms with E-state index in [1.807, 2.05) is 24.3 Å². The largest absolute Gasteiger partial charge is 0.377 e. The van der Waals surface area contributed by atoms with Crippen LogP contribution in [-0.4, -0.2) is 21.4 Å². The van der Waals surface area contributed by atoms with E-state index >= 15 is 0 Å². The molecule has 0 aliphatic heterocycles. The maximum absolute atomic E-state index is 11.4. The minimum absolute atomic E-state index is 0.126. The lowest BCUT2D eigenvalue weighted by Crippen LogP contribution is -2.46. The van der Waals surface area contributed by atoms with Gasteiger partial charge in [0.1, 0.15) is 11.2 Å². The van der Waals surface area contributed by atoms with E-state index in [1.54, 1.807) is 0 Å². The summed E-state index contributed by atoms with van der Waals surface area (Å²) in [6, 6.07) is 7.93. The molecule has 4 fully saturated rings. The molecule has 170 valence electrons. The maximum Gasteiger partial charge on any atom is 0.131 e. The van der Waals surface area contributed by atoms with Gasteiger partial charge in [-0.05, 0) is 85.5 Å². The van der Waals surface area contributed by atoms with Crippen LogP contribution in [0.2, 0.25) is 0 Å². The minimum atomic E-state index is -0.912. The lowest BCUT2D eigenvalue weighted by molar-refractivity contribution is -0.0434. The van der Waals surface area contributed by atoms with Crippen molar-refractivity contribution in [3.8, 4) is 23.7 Å². The quantitative estimate of drug-likeness (QED) is 0.530. The van der Waals surface area contributed by atoms with Crippen LogP contribution in [0.25, 0.3) is 0 Å². The third-order valence-electron chi connectivity index (χ3n) is 11.5. The van der Waals surface area contributed by atoms with Crippen LogP contribution < -0.4 is 0 Å². The summed E-state index contributed by atoms with van der Waals surface area (Å²) in [5.41, 5.74) is -0.0651. The standard InChI is InChI=1S/C30H38O2/c1-25(2)23-13-15-27(25,5)29(31,19-23)17-11-21-7-9-22(10-8-21)12-18-30(32)20-24-14-16-28(30,6)26(24,3)4/h7-10,23-24,31-32H,13-16,19-20H2,1-6H3/t23-,24-,27-,28-,29-,30-/m1/s1. The zero-order chi connectivity index (χ0) is 23.2. The summed E-state index contributed by atoms with van der Waals surface area (Å²) in [5.74, 6) is 14.1. The Hall–Kier alpha value is -1.74. The van der Waals surface area contributed by atoms with Crippen molar-refractivity contribution in [3.05, 3.63) is 35.4 Å². The van der Waals surface area contributed by atoms with Crippen molar-refractivity contribution in [1.82, 2.24) is 0 Å². The first-order chi connectivity index (χ1) is 14.8. The highest BCUT2D eigenvalue weighted by Gasteiger charge is 2.69. The van der Waals surface area contributed by atoms with Gasteiger partial charge in [-0.2, -0.15) is 0 Å². The van der Waals surface area contributed by atoms with Crippen molar-refractivity contribution >= 4 is 0 Å². The fourth-order valence-electron chi connectivity index (χ4n) is 7.92. The molecule has 1 aromatic carbocycles. The third kappa shape index (κ3) is 2.58. The zero-order valence-corrected chi connectivity index (χ0v) is 20.6. The predicted molar refractivity (Wildman–Crippen MR) is 129 cm³/mol. The number of hydrogen-bond acceptors (Lipinski definition) is 2. The van der Waals surface area contributed by atoms with Crippen molar-refractivity contribution in [2.75, 3.05) is 0 Å². The minimum Gasteiger partial charge on any atom is -0.377 e. The molecule has 1 aromatic rings. The van der Waals surface area contributed by atoms with Crippen molar-refractivity contribution in [3.63, 3.8) is 0 Å². The first-order valence-electron chi connectivity index (χ1n) is 12.4. The smallest absolute Gasteiger partial charge is 0.131 e. The van der Waals surface area contributed by atoms with Gasteiger partial charge < -0.3 is 10.2 Å². The van der Waals surface area contributed by atoms with E-state index in [4.69, 9.17) is 0 Å². The second-order valence-corrected chi connectivity index (χ2v) is 12.8. The predicted octanol–water partition coefficient (Wildman–Crippen LogP) is 5.54. The molecule has 6 atom stereocenters. The Morgan fingerprint density at radius 3 is 1.25 bits per heavy atom. The third-order valence-corrected chi connectivity index (χ3v) is 11.5. The first-order valence-corrected chi connectivity index (χ1v) is 12.4. The van der Waals surface area contributed by atoms with E-state index in [1.165, 1.54) is 12.8 Å². The molecular weight excluding hydrogens is 392 g/mol. The topological polar surface area (TPSA) is 40.5 Å². The molecule has 0 saturated heterocycles. The van der Waals surface area contributed by atoms with Gasteiger partial charge in [0.2, 0.25) is 0 Å². The Morgan fingerprint density at radius 2 is 1.00 bits per heavy atom. The number of fused-ring (bicyclic) bond motifs is 4. The molecule has 32 heavy (non-hydrogen) atoms. The average molecular weight is 431 g/mol. The van der Waals surface area contributed by atoms with Gasteiger partial charge >= 0.3 is 0 Å². The van der Waals surface area contributed by atoms with Crippen LogP contribution in [0.1, 0.15) is 91.2 Å². The summed E-state index contributed by atoms with van der Waals surface area (Å²) in [6.45, 7) is 13.6. The van der Waals surface area contributed by atoms with E-state index in [9.17, 15) is 10.2 Å². The molecule has 0 aromatic heterocycles. The Bertz CT molecular complexity index is 987. The van der Waals surface area contributed by atoms with Gasteiger partial charge in [0.25, 0.3) is 0 Å². The summed E-state index contributed by atoms with van der Waals surface area (Å²) in [5, 5.41) is 22.8. The molecule has 0 spiro atoms. The highest BCUT2D eigenvalue weighted by atomic mass is 16.3. The number of hydrogen-bond donors (Lipinski definition) is 2. The number of rotatable bonds is 0. The molecule has 0 unspecified atom stereocenters. The lowest BCUT2D eigenvalue weighted by atomic mass is 9.64. The Labute approximate surface area is 194 Å². The first kappa shape index (κ1) is 22.1. The molecule has 4 saturated carbocycles. The summed E-state index contributed by atoms with van der Waals surface area (Å²) in [7, 11) is 0. The number of aliphatic hydroxyl groups is 2. The van der Waals surface area contributed by atoms with Crippen LogP contribution in [0.5, 0.6) is 0 Å². The molecule has 2 N–H and O–H groups in total. The Kier molecular flexibility index (Phi) is 4.44. The van der Waals surface area contributed by atoms with Gasteiger partial charge in [0.15, 0.2) is 0 Å². The van der Waals surface area contributed by atoms with Gasteiger partial charge in [0.05, 0.1) is 0 Å². The van der Waals surface area contributed by atoms with Gasteiger partial charge in [0, 0.05) is 22.0 Å². The van der Waals surface area contributed by atoms with Crippen LogP contribution in [0.15, 0.2) is 24.3 Å². The highest BCUT2D eigenvalue weighted by molar-refractivity contribution is 5.45. The maximum atomic E-state index is 11.4. The molecule has 0 heterocycles. The summed E-state index contributed by atoms with van der Waals surface area (Å²) < 4.78 is 0. The summed E-state index contributed by atoms with van der Waals surface area (Å²) in [6.07, 6.45) is 6.05. The van der Waals surface area contributed by atoms with Crippen molar-refractivity contribution in [2.24, 2.45) is 33.5 Å². The number of benzene rings is 1. The molecule has 2 nitrogen and oxygen atoms in total. The fraction of sp³-hybridized carbons (Fsp3) is 0.667. The molecular formula is C30H38O2. The molecule has 4 aliphatic rings. The van der Waals surface area contributed by atoms with E-state index in [0.717, 1.165) is 36.8 Å². The van der Waals surface area contributed by atoms with Gasteiger partial charge in [-0.25, -0.2) is 0 Å². The molecule has 0 amide bonds. The monoisotopic (exact) mass is 430 g/mol. The van der Waals surface area contributed by atoms with E-state index in [0.29, 0.717) is 11.8 Å². The Morgan fingerprint density at radius 1 is 0.656 bits per heavy atom. The van der Waals surface area contributed by atoms with Crippen LogP contribution >= 0.6 is 0 Å². The molecule has 2 heteroatoms. The summed E-state index contributed by atoms with van der Waals surface area (Å²) >= 11 is 0. The zero-order valence-electron chi connectivity index (χ0n) is 20.6. The fourth-order valence-corrected chi connectivity index (χ4v) is 7.92. The van der Waals surface area contributed by atoms with Gasteiger partial charge in [-0.15, -0.1) is 0 Å². The summed E-state index contributed by atoms with van der Waals surface area (Å²) in [4.78, 5) is 0. The van der Waals surface area contributed by atoms with Crippen LogP contribution in [-0.2, 0) is 0 Å². The van der Waals surface area contributed by atoms with Gasteiger partial charge in [-0.1, -0.05) is 65.2 Å². The van der Waals surface area contributed by atoms with Crippen molar-refractivity contribution in [1.29, 1.82) is 0 Å². The molecule has 4 aliphatic carbocycles. The van der Waals surface area contributed by atoms with Crippen molar-refractivity contribution in [2.45, 2.75) is 91.3 Å². The van der Waals surface area contributed by atoms with Crippen LogP contribution in [0.3, 0.4) is 0 Å². The van der Waals surface area contributed by atoms with E-state index in [2.05, 4.69) is 65.2 Å². The van der Waals surface area contributed by atoms with E-state index < -0.39 is 11.2 Å². The van der Waals surface area contributed by atoms with Crippen LogP contribution in [0, 0.1) is 57.2 Å². The Balaban J connectivity index is 1.35. The second kappa shape index (κ2) is 6.44. The molecule has 0 radical (unpaired) electrons. The van der Waals surface area contributed by atoms with Gasteiger partial charge in [-0.3, -0.25) is 0 Å². The second-order valence-electron chi connectivity index (χ2n) is 12.8. The van der Waals surface area contributed by atoms with Crippen molar-refractivity contribution < 1.29 is 10.2 Å². The molecule has 5 rings (SSSR count). The van der Waals surface area contributed by atoms with Crippen LogP contribution in [0.4, 0.5) is 0 Å². The van der Waals surface area contributed by atoms with E-state index in [-0.39, 0.29) is 21.7 Å². The average Bonchev–Trinajstić information content (AvgIpc) is 3.22. The highest BCUT2D eigenvalue weighted by Crippen LogP contribution is 2.70. The normalized spacial score (nSPS) is 44.6.